The zero-order chi connectivity index (χ0) is 22.1. The van der Waals surface area contributed by atoms with Gasteiger partial charge in [-0.25, -0.2) is 13.8 Å². The summed E-state index contributed by atoms with van der Waals surface area (Å²) in [6, 6.07) is 10.1. The molecule has 4 rings (SSSR count). The molecule has 7 heteroatoms. The van der Waals surface area contributed by atoms with E-state index in [9.17, 15) is 18.4 Å². The van der Waals surface area contributed by atoms with Gasteiger partial charge in [-0.05, 0) is 54.8 Å². The van der Waals surface area contributed by atoms with Gasteiger partial charge in [0.2, 0.25) is 0 Å². The molecule has 0 radical (unpaired) electrons. The standard InChI is InChI=1S/C24H20F2N2O2S/c1-3-4-21-27-23-22(18(13-31-23)15-5-8-17(25)9-6-15)24(30)28(21)12-20(29)16-7-10-19(26)14(2)11-16/h5-11,13H,3-4,12H2,1-2H3. The van der Waals surface area contributed by atoms with Crippen LogP contribution in [0.5, 0.6) is 0 Å². The SMILES string of the molecule is CCCc1nc2scc(-c3ccc(F)cc3)c2c(=O)n1CC(=O)c1ccc(F)c(C)c1. The number of rotatable bonds is 6. The van der Waals surface area contributed by atoms with Gasteiger partial charge in [-0.2, -0.15) is 0 Å². The van der Waals surface area contributed by atoms with E-state index in [1.165, 1.54) is 46.2 Å². The van der Waals surface area contributed by atoms with Crippen LogP contribution < -0.4 is 5.56 Å². The van der Waals surface area contributed by atoms with Crippen LogP contribution >= 0.6 is 11.3 Å². The Hall–Kier alpha value is -3.19. The number of ketones is 1. The lowest BCUT2D eigenvalue weighted by atomic mass is 10.1. The lowest BCUT2D eigenvalue weighted by molar-refractivity contribution is 0.0969. The summed E-state index contributed by atoms with van der Waals surface area (Å²) >= 11 is 1.35. The lowest BCUT2D eigenvalue weighted by Crippen LogP contribution is -2.28. The van der Waals surface area contributed by atoms with Crippen LogP contribution in [-0.2, 0) is 13.0 Å². The summed E-state index contributed by atoms with van der Waals surface area (Å²) < 4.78 is 28.3. The fraction of sp³-hybridized carbons (Fsp3) is 0.208. The van der Waals surface area contributed by atoms with Crippen LogP contribution in [0.15, 0.2) is 52.6 Å². The number of hydrogen-bond acceptors (Lipinski definition) is 4. The minimum atomic E-state index is -0.384. The number of aromatic nitrogens is 2. The fourth-order valence-corrected chi connectivity index (χ4v) is 4.50. The van der Waals surface area contributed by atoms with E-state index in [2.05, 4.69) is 4.98 Å². The highest BCUT2D eigenvalue weighted by Crippen LogP contribution is 2.31. The second kappa shape index (κ2) is 8.51. The number of fused-ring (bicyclic) bond motifs is 1. The van der Waals surface area contributed by atoms with Crippen LogP contribution in [0.3, 0.4) is 0 Å². The second-order valence-electron chi connectivity index (χ2n) is 7.39. The van der Waals surface area contributed by atoms with E-state index in [-0.39, 0.29) is 29.5 Å². The van der Waals surface area contributed by atoms with E-state index >= 15 is 0 Å². The molecule has 4 nitrogen and oxygen atoms in total. The molecule has 2 heterocycles. The smallest absolute Gasteiger partial charge is 0.263 e. The molecule has 0 atom stereocenters. The number of carbonyl (C=O) groups excluding carboxylic acids is 1. The molecule has 4 aromatic rings. The molecule has 2 aromatic carbocycles. The topological polar surface area (TPSA) is 52.0 Å². The van der Waals surface area contributed by atoms with Gasteiger partial charge < -0.3 is 0 Å². The van der Waals surface area contributed by atoms with E-state index in [1.807, 2.05) is 12.3 Å². The Kier molecular flexibility index (Phi) is 5.78. The molecule has 0 aliphatic rings. The zero-order valence-electron chi connectivity index (χ0n) is 17.1. The van der Waals surface area contributed by atoms with E-state index < -0.39 is 0 Å². The minimum absolute atomic E-state index is 0.180. The van der Waals surface area contributed by atoms with Gasteiger partial charge in [0.1, 0.15) is 22.3 Å². The van der Waals surface area contributed by atoms with Crippen molar-refractivity contribution in [2.45, 2.75) is 33.2 Å². The number of Topliss-reactive ketones (excluding diaryl/α,β-unsaturated/α-hetero) is 1. The van der Waals surface area contributed by atoms with E-state index in [0.29, 0.717) is 44.7 Å². The molecule has 0 unspecified atom stereocenters. The van der Waals surface area contributed by atoms with Crippen LogP contribution in [0.1, 0.15) is 35.1 Å². The largest absolute Gasteiger partial charge is 0.292 e. The second-order valence-corrected chi connectivity index (χ2v) is 8.25. The van der Waals surface area contributed by atoms with Crippen molar-refractivity contribution < 1.29 is 13.6 Å². The molecular weight excluding hydrogens is 418 g/mol. The first-order valence-electron chi connectivity index (χ1n) is 9.95. The maximum atomic E-state index is 13.6. The molecule has 0 aliphatic heterocycles. The molecule has 0 bridgehead atoms. The number of carbonyl (C=O) groups is 1. The van der Waals surface area contributed by atoms with Gasteiger partial charge >= 0.3 is 0 Å². The average molecular weight is 438 g/mol. The molecule has 0 saturated carbocycles. The van der Waals surface area contributed by atoms with Crippen molar-refractivity contribution in [1.29, 1.82) is 0 Å². The highest BCUT2D eigenvalue weighted by atomic mass is 32.1. The third-order valence-corrected chi connectivity index (χ3v) is 6.06. The molecule has 2 aromatic heterocycles. The van der Waals surface area contributed by atoms with E-state index in [4.69, 9.17) is 0 Å². The highest BCUT2D eigenvalue weighted by Gasteiger charge is 2.19. The molecule has 0 amide bonds. The summed E-state index contributed by atoms with van der Waals surface area (Å²) in [4.78, 5) is 31.6. The van der Waals surface area contributed by atoms with Crippen molar-refractivity contribution in [3.63, 3.8) is 0 Å². The van der Waals surface area contributed by atoms with Gasteiger partial charge in [0, 0.05) is 22.9 Å². The Morgan fingerprint density at radius 1 is 1.13 bits per heavy atom. The van der Waals surface area contributed by atoms with Gasteiger partial charge in [0.25, 0.3) is 5.56 Å². The number of aryl methyl sites for hydroxylation is 2. The van der Waals surface area contributed by atoms with Crippen LogP contribution in [-0.4, -0.2) is 15.3 Å². The van der Waals surface area contributed by atoms with Gasteiger partial charge in [0.15, 0.2) is 5.78 Å². The molecule has 0 saturated heterocycles. The van der Waals surface area contributed by atoms with Gasteiger partial charge in [0.05, 0.1) is 11.9 Å². The lowest BCUT2D eigenvalue weighted by Gasteiger charge is -2.12. The summed E-state index contributed by atoms with van der Waals surface area (Å²) in [5.41, 5.74) is 1.79. The molecule has 31 heavy (non-hydrogen) atoms. The third kappa shape index (κ3) is 4.05. The van der Waals surface area contributed by atoms with Crippen LogP contribution in [0.2, 0.25) is 0 Å². The van der Waals surface area contributed by atoms with Crippen LogP contribution in [0.25, 0.3) is 21.3 Å². The molecule has 0 N–H and O–H groups in total. The summed E-state index contributed by atoms with van der Waals surface area (Å²) in [7, 11) is 0. The monoisotopic (exact) mass is 438 g/mol. The van der Waals surface area contributed by atoms with Gasteiger partial charge in [-0.15, -0.1) is 11.3 Å². The Labute approximate surface area is 181 Å². The van der Waals surface area contributed by atoms with Crippen molar-refractivity contribution in [3.8, 4) is 11.1 Å². The molecule has 158 valence electrons. The van der Waals surface area contributed by atoms with Crippen LogP contribution in [0, 0.1) is 18.6 Å². The Balaban J connectivity index is 1.83. The molecule has 0 aliphatic carbocycles. The van der Waals surface area contributed by atoms with Crippen molar-refractivity contribution in [2.75, 3.05) is 0 Å². The summed E-state index contributed by atoms with van der Waals surface area (Å²) in [5.74, 6) is -0.489. The van der Waals surface area contributed by atoms with E-state index in [0.717, 1.165) is 6.42 Å². The van der Waals surface area contributed by atoms with Gasteiger partial charge in [-0.3, -0.25) is 14.2 Å². The van der Waals surface area contributed by atoms with Crippen LogP contribution in [0.4, 0.5) is 8.78 Å². The highest BCUT2D eigenvalue weighted by molar-refractivity contribution is 7.17. The summed E-state index contributed by atoms with van der Waals surface area (Å²) in [5, 5.41) is 2.25. The zero-order valence-corrected chi connectivity index (χ0v) is 17.9. The normalized spacial score (nSPS) is 11.2. The third-order valence-electron chi connectivity index (χ3n) is 5.18. The first-order chi connectivity index (χ1) is 14.9. The Morgan fingerprint density at radius 2 is 1.87 bits per heavy atom. The first kappa shape index (κ1) is 21.1. The van der Waals surface area contributed by atoms with Crippen molar-refractivity contribution in [1.82, 2.24) is 9.55 Å². The van der Waals surface area contributed by atoms with Crippen molar-refractivity contribution in [2.24, 2.45) is 0 Å². The number of benzene rings is 2. The first-order valence-corrected chi connectivity index (χ1v) is 10.8. The quantitative estimate of drug-likeness (QED) is 0.371. The molecule has 0 spiro atoms. The average Bonchev–Trinajstić information content (AvgIpc) is 3.17. The maximum absolute atomic E-state index is 13.6. The summed E-state index contributed by atoms with van der Waals surface area (Å²) in [6.07, 6.45) is 1.31. The molecular formula is C24H20F2N2O2S. The van der Waals surface area contributed by atoms with Crippen molar-refractivity contribution >= 4 is 27.3 Å². The number of hydrogen-bond donors (Lipinski definition) is 0. The van der Waals surface area contributed by atoms with Gasteiger partial charge in [-0.1, -0.05) is 19.1 Å². The number of nitrogens with zero attached hydrogens (tertiary/aromatic N) is 2. The number of thiophene rings is 1. The van der Waals surface area contributed by atoms with Crippen molar-refractivity contribution in [3.05, 3.63) is 86.8 Å². The summed E-state index contributed by atoms with van der Waals surface area (Å²) in [6.45, 7) is 3.39. The number of halogens is 2. The minimum Gasteiger partial charge on any atom is -0.292 e. The predicted molar refractivity (Wildman–Crippen MR) is 119 cm³/mol. The maximum Gasteiger partial charge on any atom is 0.263 e. The van der Waals surface area contributed by atoms with E-state index in [1.54, 1.807) is 19.1 Å². The fourth-order valence-electron chi connectivity index (χ4n) is 3.54. The Bertz CT molecular complexity index is 1340. The Morgan fingerprint density at radius 3 is 2.55 bits per heavy atom. The predicted octanol–water partition coefficient (Wildman–Crippen LogP) is 5.55. The molecule has 0 fully saturated rings.